The number of hydrogen-bond donors (Lipinski definition) is 0. The van der Waals surface area contributed by atoms with Crippen LogP contribution in [0.5, 0.6) is 0 Å². The first kappa shape index (κ1) is 16.8. The van der Waals surface area contributed by atoms with Gasteiger partial charge in [0.2, 0.25) is 0 Å². The Kier molecular flexibility index (Phi) is 4.02. The molecule has 0 amide bonds. The van der Waals surface area contributed by atoms with Crippen molar-refractivity contribution in [1.29, 1.82) is 0 Å². The van der Waals surface area contributed by atoms with Crippen molar-refractivity contribution in [1.82, 2.24) is 0 Å². The van der Waals surface area contributed by atoms with Gasteiger partial charge in [0.15, 0.2) is 0 Å². The fraction of sp³-hybridized carbons (Fsp3) is 0.111. The molecule has 5 rings (SSSR count). The molecular weight excluding hydrogens is 340 g/mol. The molecule has 1 aromatic heterocycles. The molecule has 1 nitrogen and oxygen atoms in total. The van der Waals surface area contributed by atoms with Gasteiger partial charge in [0, 0.05) is 16.3 Å². The van der Waals surface area contributed by atoms with Gasteiger partial charge < -0.3 is 4.42 Å². The number of fused-ring (bicyclic) bond motifs is 3. The number of rotatable bonds is 3. The minimum atomic E-state index is 0.415. The monoisotopic (exact) mass is 362 g/mol. The van der Waals surface area contributed by atoms with E-state index < -0.39 is 0 Å². The minimum Gasteiger partial charge on any atom is -0.455 e. The summed E-state index contributed by atoms with van der Waals surface area (Å²) in [5.74, 6) is 0.415. The van der Waals surface area contributed by atoms with Crippen LogP contribution in [-0.4, -0.2) is 0 Å². The second-order valence-electron chi connectivity index (χ2n) is 7.61. The van der Waals surface area contributed by atoms with Crippen molar-refractivity contribution in [2.75, 3.05) is 0 Å². The zero-order valence-corrected chi connectivity index (χ0v) is 16.1. The molecule has 5 aromatic rings. The van der Waals surface area contributed by atoms with Gasteiger partial charge >= 0.3 is 0 Å². The van der Waals surface area contributed by atoms with Crippen molar-refractivity contribution in [2.24, 2.45) is 0 Å². The Bertz CT molecular complexity index is 1260. The highest BCUT2D eigenvalue weighted by molar-refractivity contribution is 6.12. The molecule has 1 heterocycles. The first-order chi connectivity index (χ1) is 13.7. The van der Waals surface area contributed by atoms with Crippen LogP contribution in [-0.2, 0) is 0 Å². The molecule has 0 radical (unpaired) electrons. The van der Waals surface area contributed by atoms with Crippen LogP contribution >= 0.6 is 0 Å². The number of para-hydroxylation sites is 1. The SMILES string of the molecule is CC(C)c1cccc2c1oc1c(-c3ccccc3)cc(-c3ccccc3)cc12. The van der Waals surface area contributed by atoms with Gasteiger partial charge in [-0.1, -0.05) is 92.7 Å². The first-order valence-corrected chi connectivity index (χ1v) is 9.82. The first-order valence-electron chi connectivity index (χ1n) is 9.82. The summed E-state index contributed by atoms with van der Waals surface area (Å²) in [4.78, 5) is 0. The molecule has 0 bridgehead atoms. The third-order valence-electron chi connectivity index (χ3n) is 5.44. The van der Waals surface area contributed by atoms with Crippen LogP contribution in [0.3, 0.4) is 0 Å². The maximum Gasteiger partial charge on any atom is 0.143 e. The topological polar surface area (TPSA) is 13.1 Å². The minimum absolute atomic E-state index is 0.415. The quantitative estimate of drug-likeness (QED) is 0.316. The predicted molar refractivity (Wildman–Crippen MR) is 119 cm³/mol. The highest BCUT2D eigenvalue weighted by Crippen LogP contribution is 2.41. The van der Waals surface area contributed by atoms with Crippen LogP contribution in [0.2, 0.25) is 0 Å². The normalized spacial score (nSPS) is 11.5. The van der Waals surface area contributed by atoms with E-state index in [9.17, 15) is 0 Å². The third kappa shape index (κ3) is 2.71. The molecule has 28 heavy (non-hydrogen) atoms. The van der Waals surface area contributed by atoms with Gasteiger partial charge in [0.25, 0.3) is 0 Å². The van der Waals surface area contributed by atoms with Crippen molar-refractivity contribution in [2.45, 2.75) is 19.8 Å². The molecule has 0 unspecified atom stereocenters. The van der Waals surface area contributed by atoms with Crippen LogP contribution in [0.25, 0.3) is 44.2 Å². The molecule has 0 N–H and O–H groups in total. The van der Waals surface area contributed by atoms with Crippen molar-refractivity contribution < 1.29 is 4.42 Å². The molecule has 0 aliphatic rings. The zero-order chi connectivity index (χ0) is 19.1. The van der Waals surface area contributed by atoms with Gasteiger partial charge in [0.1, 0.15) is 11.2 Å². The lowest BCUT2D eigenvalue weighted by Crippen LogP contribution is -1.86. The molecule has 0 saturated carbocycles. The van der Waals surface area contributed by atoms with Gasteiger partial charge in [-0.3, -0.25) is 0 Å². The summed E-state index contributed by atoms with van der Waals surface area (Å²) < 4.78 is 6.52. The Morgan fingerprint density at radius 2 is 1.25 bits per heavy atom. The Labute approximate surface area is 165 Å². The molecule has 1 heteroatoms. The summed E-state index contributed by atoms with van der Waals surface area (Å²) in [5.41, 5.74) is 7.98. The number of benzene rings is 4. The van der Waals surface area contributed by atoms with E-state index >= 15 is 0 Å². The zero-order valence-electron chi connectivity index (χ0n) is 16.1. The third-order valence-corrected chi connectivity index (χ3v) is 5.44. The molecule has 0 aliphatic heterocycles. The van der Waals surface area contributed by atoms with Crippen molar-refractivity contribution in [3.05, 3.63) is 96.6 Å². The van der Waals surface area contributed by atoms with Gasteiger partial charge in [-0.2, -0.15) is 0 Å². The smallest absolute Gasteiger partial charge is 0.143 e. The van der Waals surface area contributed by atoms with Gasteiger partial charge in [0.05, 0.1) is 0 Å². The Balaban J connectivity index is 1.90. The number of furan rings is 1. The molecule has 0 saturated heterocycles. The van der Waals surface area contributed by atoms with Gasteiger partial charge in [-0.15, -0.1) is 0 Å². The van der Waals surface area contributed by atoms with Crippen LogP contribution in [0, 0.1) is 0 Å². The molecule has 0 spiro atoms. The van der Waals surface area contributed by atoms with E-state index in [0.717, 1.165) is 16.7 Å². The van der Waals surface area contributed by atoms with E-state index in [2.05, 4.69) is 105 Å². The van der Waals surface area contributed by atoms with Gasteiger partial charge in [-0.25, -0.2) is 0 Å². The van der Waals surface area contributed by atoms with E-state index in [-0.39, 0.29) is 0 Å². The van der Waals surface area contributed by atoms with Gasteiger partial charge in [-0.05, 0) is 40.3 Å². The summed E-state index contributed by atoms with van der Waals surface area (Å²) in [5, 5.41) is 2.37. The predicted octanol–water partition coefficient (Wildman–Crippen LogP) is 8.04. The van der Waals surface area contributed by atoms with Crippen LogP contribution in [0.1, 0.15) is 25.3 Å². The van der Waals surface area contributed by atoms with E-state index in [0.29, 0.717) is 5.92 Å². The fourth-order valence-electron chi connectivity index (χ4n) is 4.01. The van der Waals surface area contributed by atoms with Crippen molar-refractivity contribution in [3.63, 3.8) is 0 Å². The van der Waals surface area contributed by atoms with E-state index in [1.807, 2.05) is 0 Å². The van der Waals surface area contributed by atoms with Crippen LogP contribution in [0.4, 0.5) is 0 Å². The molecular formula is C27H22O. The molecule has 0 fully saturated rings. The lowest BCUT2D eigenvalue weighted by Gasteiger charge is -2.08. The van der Waals surface area contributed by atoms with E-state index in [1.165, 1.54) is 33.0 Å². The summed E-state index contributed by atoms with van der Waals surface area (Å²) in [6, 6.07) is 32.1. The maximum atomic E-state index is 6.52. The second-order valence-corrected chi connectivity index (χ2v) is 7.61. The summed E-state index contributed by atoms with van der Waals surface area (Å²) >= 11 is 0. The number of hydrogen-bond acceptors (Lipinski definition) is 1. The van der Waals surface area contributed by atoms with Crippen LogP contribution < -0.4 is 0 Å². The Hall–Kier alpha value is -3.32. The van der Waals surface area contributed by atoms with Crippen LogP contribution in [0.15, 0.2) is 95.4 Å². The summed E-state index contributed by atoms with van der Waals surface area (Å²) in [7, 11) is 0. The molecule has 0 aliphatic carbocycles. The molecule has 0 atom stereocenters. The molecule has 4 aromatic carbocycles. The Morgan fingerprint density at radius 1 is 0.571 bits per heavy atom. The van der Waals surface area contributed by atoms with E-state index in [4.69, 9.17) is 4.42 Å². The van der Waals surface area contributed by atoms with Crippen molar-refractivity contribution >= 4 is 21.9 Å². The van der Waals surface area contributed by atoms with Crippen molar-refractivity contribution in [3.8, 4) is 22.3 Å². The fourth-order valence-corrected chi connectivity index (χ4v) is 4.01. The average Bonchev–Trinajstić information content (AvgIpc) is 3.13. The average molecular weight is 362 g/mol. The largest absolute Gasteiger partial charge is 0.455 e. The molecule has 136 valence electrons. The standard InChI is InChI=1S/C27H22O/c1-18(2)22-14-9-15-23-25-17-21(19-10-5-3-6-11-19)16-24(27(25)28-26(22)23)20-12-7-4-8-13-20/h3-18H,1-2H3. The summed E-state index contributed by atoms with van der Waals surface area (Å²) in [6.45, 7) is 4.44. The highest BCUT2D eigenvalue weighted by Gasteiger charge is 2.17. The lowest BCUT2D eigenvalue weighted by atomic mass is 9.95. The Morgan fingerprint density at radius 3 is 1.93 bits per heavy atom. The second kappa shape index (κ2) is 6.69. The maximum absolute atomic E-state index is 6.52. The summed E-state index contributed by atoms with van der Waals surface area (Å²) in [6.07, 6.45) is 0. The lowest BCUT2D eigenvalue weighted by molar-refractivity contribution is 0.658. The van der Waals surface area contributed by atoms with E-state index in [1.54, 1.807) is 0 Å². The highest BCUT2D eigenvalue weighted by atomic mass is 16.3.